The molecule has 2 aliphatic rings. The summed E-state index contributed by atoms with van der Waals surface area (Å²) in [5, 5.41) is 4.45. The van der Waals surface area contributed by atoms with Crippen molar-refractivity contribution in [2.75, 3.05) is 39.4 Å². The molecule has 1 aromatic carbocycles. The van der Waals surface area contributed by atoms with Gasteiger partial charge in [0.15, 0.2) is 0 Å². The second kappa shape index (κ2) is 9.57. The van der Waals surface area contributed by atoms with Gasteiger partial charge in [0.05, 0.1) is 13.2 Å². The highest BCUT2D eigenvalue weighted by Crippen LogP contribution is 2.40. The van der Waals surface area contributed by atoms with Crippen molar-refractivity contribution in [2.45, 2.75) is 44.4 Å². The summed E-state index contributed by atoms with van der Waals surface area (Å²) in [7, 11) is 0. The van der Waals surface area contributed by atoms with Crippen molar-refractivity contribution < 1.29 is 9.53 Å². The fraction of sp³-hybridized carbons (Fsp3) is 0.609. The van der Waals surface area contributed by atoms with Crippen LogP contribution in [-0.2, 0) is 9.53 Å². The summed E-state index contributed by atoms with van der Waals surface area (Å²) in [6, 6.07) is 8.48. The van der Waals surface area contributed by atoms with E-state index >= 15 is 0 Å². The number of H-pyrrole nitrogens is 1. The molecule has 4 rings (SSSR count). The smallest absolute Gasteiger partial charge is 0.220 e. The number of nitrogens with one attached hydrogen (secondary N) is 2. The van der Waals surface area contributed by atoms with Gasteiger partial charge in [-0.1, -0.05) is 37.5 Å². The zero-order valence-electron chi connectivity index (χ0n) is 16.8. The van der Waals surface area contributed by atoms with E-state index in [0.717, 1.165) is 39.4 Å². The summed E-state index contributed by atoms with van der Waals surface area (Å²) in [5.74, 6) is 1.10. The molecule has 1 aliphatic carbocycles. The van der Waals surface area contributed by atoms with Gasteiger partial charge in [-0.15, -0.1) is 0 Å². The maximum Gasteiger partial charge on any atom is 0.220 e. The predicted molar refractivity (Wildman–Crippen MR) is 113 cm³/mol. The molecule has 1 amide bonds. The van der Waals surface area contributed by atoms with Crippen molar-refractivity contribution in [2.24, 2.45) is 5.92 Å². The Morgan fingerprint density at radius 2 is 1.96 bits per heavy atom. The number of amides is 1. The standard InChI is InChI=1S/C23H33N3O2/c27-23(24-10-11-26-12-14-28-15-13-26)16-20(18-6-2-1-3-7-18)21-17-25-22-9-5-4-8-19(21)22/h4-5,8-9,17-18,20,25H,1-3,6-7,10-16H2,(H,24,27)/t20-/m0/s1. The number of hydrogen-bond donors (Lipinski definition) is 2. The Kier molecular flexibility index (Phi) is 6.65. The van der Waals surface area contributed by atoms with E-state index in [4.69, 9.17) is 4.74 Å². The summed E-state index contributed by atoms with van der Waals surface area (Å²) >= 11 is 0. The summed E-state index contributed by atoms with van der Waals surface area (Å²) in [4.78, 5) is 18.6. The van der Waals surface area contributed by atoms with E-state index < -0.39 is 0 Å². The van der Waals surface area contributed by atoms with Gasteiger partial charge in [-0.2, -0.15) is 0 Å². The van der Waals surface area contributed by atoms with Crippen molar-refractivity contribution in [3.8, 4) is 0 Å². The van der Waals surface area contributed by atoms with Crippen LogP contribution < -0.4 is 5.32 Å². The van der Waals surface area contributed by atoms with Crippen molar-refractivity contribution in [1.29, 1.82) is 0 Å². The van der Waals surface area contributed by atoms with Crippen LogP contribution in [0.4, 0.5) is 0 Å². The first-order valence-corrected chi connectivity index (χ1v) is 10.9. The van der Waals surface area contributed by atoms with E-state index in [1.54, 1.807) is 0 Å². The lowest BCUT2D eigenvalue weighted by molar-refractivity contribution is -0.121. The van der Waals surface area contributed by atoms with Crippen LogP contribution in [0.25, 0.3) is 10.9 Å². The van der Waals surface area contributed by atoms with Gasteiger partial charge in [-0.25, -0.2) is 0 Å². The highest BCUT2D eigenvalue weighted by Gasteiger charge is 2.29. The number of para-hydroxylation sites is 1. The van der Waals surface area contributed by atoms with Crippen LogP contribution in [0.5, 0.6) is 0 Å². The molecular weight excluding hydrogens is 350 g/mol. The summed E-state index contributed by atoms with van der Waals surface area (Å²) in [5.41, 5.74) is 2.50. The molecule has 1 aromatic heterocycles. The first kappa shape index (κ1) is 19.5. The first-order valence-electron chi connectivity index (χ1n) is 10.9. The van der Waals surface area contributed by atoms with Gasteiger partial charge in [0.2, 0.25) is 5.91 Å². The molecule has 1 atom stereocenters. The monoisotopic (exact) mass is 383 g/mol. The molecule has 2 fully saturated rings. The molecule has 5 nitrogen and oxygen atoms in total. The molecule has 0 bridgehead atoms. The van der Waals surface area contributed by atoms with Crippen molar-refractivity contribution in [3.05, 3.63) is 36.0 Å². The van der Waals surface area contributed by atoms with E-state index in [1.807, 2.05) is 0 Å². The number of benzene rings is 1. The van der Waals surface area contributed by atoms with E-state index in [2.05, 4.69) is 45.7 Å². The fourth-order valence-corrected chi connectivity index (χ4v) is 4.92. The quantitative estimate of drug-likeness (QED) is 0.767. The van der Waals surface area contributed by atoms with E-state index in [9.17, 15) is 4.79 Å². The SMILES string of the molecule is O=C(C[C@H](c1c[nH]c2ccccc12)C1CCCCC1)NCCN1CCOCC1. The third-order valence-electron chi connectivity index (χ3n) is 6.50. The van der Waals surface area contributed by atoms with E-state index in [0.29, 0.717) is 18.3 Å². The van der Waals surface area contributed by atoms with Crippen LogP contribution >= 0.6 is 0 Å². The average molecular weight is 384 g/mol. The molecule has 5 heteroatoms. The van der Waals surface area contributed by atoms with Crippen LogP contribution in [0.3, 0.4) is 0 Å². The lowest BCUT2D eigenvalue weighted by Crippen LogP contribution is -2.41. The lowest BCUT2D eigenvalue weighted by atomic mass is 9.75. The van der Waals surface area contributed by atoms with Gasteiger partial charge < -0.3 is 15.0 Å². The van der Waals surface area contributed by atoms with E-state index in [1.165, 1.54) is 48.6 Å². The number of carbonyl (C=O) groups excluding carboxylic acids is 1. The number of morpholine rings is 1. The van der Waals surface area contributed by atoms with Crippen LogP contribution in [-0.4, -0.2) is 55.2 Å². The maximum absolute atomic E-state index is 12.8. The van der Waals surface area contributed by atoms with Gasteiger partial charge >= 0.3 is 0 Å². The molecule has 0 spiro atoms. The Labute approximate surface area is 167 Å². The van der Waals surface area contributed by atoms with Gasteiger partial charge in [0.25, 0.3) is 0 Å². The zero-order chi connectivity index (χ0) is 19.2. The van der Waals surface area contributed by atoms with Gasteiger partial charge in [-0.3, -0.25) is 9.69 Å². The normalized spacial score (nSPS) is 20.3. The van der Waals surface area contributed by atoms with Gasteiger partial charge in [-0.05, 0) is 36.3 Å². The molecule has 1 saturated heterocycles. The second-order valence-corrected chi connectivity index (χ2v) is 8.30. The summed E-state index contributed by atoms with van der Waals surface area (Å²) in [6.07, 6.45) is 9.14. The molecule has 152 valence electrons. The van der Waals surface area contributed by atoms with Crippen molar-refractivity contribution in [1.82, 2.24) is 15.2 Å². The Morgan fingerprint density at radius 3 is 2.79 bits per heavy atom. The number of carbonyl (C=O) groups is 1. The summed E-state index contributed by atoms with van der Waals surface area (Å²) in [6.45, 7) is 5.18. The minimum atomic E-state index is 0.189. The van der Waals surface area contributed by atoms with Crippen LogP contribution in [0.2, 0.25) is 0 Å². The van der Waals surface area contributed by atoms with E-state index in [-0.39, 0.29) is 5.91 Å². The molecule has 1 aliphatic heterocycles. The number of ether oxygens (including phenoxy) is 1. The number of nitrogens with zero attached hydrogens (tertiary/aromatic N) is 1. The molecule has 28 heavy (non-hydrogen) atoms. The van der Waals surface area contributed by atoms with Gasteiger partial charge in [0, 0.05) is 49.7 Å². The van der Waals surface area contributed by atoms with Crippen LogP contribution in [0, 0.1) is 5.92 Å². The molecule has 1 saturated carbocycles. The first-order chi connectivity index (χ1) is 13.8. The largest absolute Gasteiger partial charge is 0.379 e. The number of fused-ring (bicyclic) bond motifs is 1. The zero-order valence-corrected chi connectivity index (χ0v) is 16.8. The predicted octanol–water partition coefficient (Wildman–Crippen LogP) is 3.67. The Hall–Kier alpha value is -1.85. The number of hydrogen-bond acceptors (Lipinski definition) is 3. The number of aromatic nitrogens is 1. The Balaban J connectivity index is 1.41. The van der Waals surface area contributed by atoms with Crippen molar-refractivity contribution >= 4 is 16.8 Å². The lowest BCUT2D eigenvalue weighted by Gasteiger charge is -2.30. The average Bonchev–Trinajstić information content (AvgIpc) is 3.17. The molecule has 2 heterocycles. The van der Waals surface area contributed by atoms with Crippen molar-refractivity contribution in [3.63, 3.8) is 0 Å². The molecule has 2 N–H and O–H groups in total. The Morgan fingerprint density at radius 1 is 1.18 bits per heavy atom. The Bertz CT molecular complexity index is 760. The minimum Gasteiger partial charge on any atom is -0.379 e. The van der Waals surface area contributed by atoms with Crippen LogP contribution in [0.15, 0.2) is 30.5 Å². The third-order valence-corrected chi connectivity index (χ3v) is 6.50. The highest BCUT2D eigenvalue weighted by molar-refractivity contribution is 5.85. The highest BCUT2D eigenvalue weighted by atomic mass is 16.5. The topological polar surface area (TPSA) is 57.4 Å². The maximum atomic E-state index is 12.8. The second-order valence-electron chi connectivity index (χ2n) is 8.30. The minimum absolute atomic E-state index is 0.189. The molecule has 2 aromatic rings. The third kappa shape index (κ3) is 4.76. The number of rotatable bonds is 7. The summed E-state index contributed by atoms with van der Waals surface area (Å²) < 4.78 is 5.39. The molecule has 0 radical (unpaired) electrons. The van der Waals surface area contributed by atoms with Crippen LogP contribution in [0.1, 0.15) is 50.0 Å². The molecule has 0 unspecified atom stereocenters. The number of aromatic amines is 1. The van der Waals surface area contributed by atoms with Gasteiger partial charge in [0.1, 0.15) is 0 Å². The molecular formula is C23H33N3O2. The fourth-order valence-electron chi connectivity index (χ4n) is 4.92.